The van der Waals surface area contributed by atoms with Crippen LogP contribution in [0, 0.1) is 23.0 Å². The monoisotopic (exact) mass is 598 g/mol. The van der Waals surface area contributed by atoms with Gasteiger partial charge in [0.25, 0.3) is 0 Å². The van der Waals surface area contributed by atoms with Crippen LogP contribution >= 0.6 is 0 Å². The van der Waals surface area contributed by atoms with Crippen molar-refractivity contribution < 1.29 is 38.5 Å². The standard InChI is InChI=1S/C20H12F2N6O2.Os/c21-13-6-2-4-11(9-29)16(13)18(30)19-26-15-7-14(25-20(24)28(15)27-19)12-5-1-3-10(8-23)17(12)22;/h1-7,9,18,30H,(H2,24,25);. The van der Waals surface area contributed by atoms with Crippen molar-refractivity contribution in [2.24, 2.45) is 0 Å². The summed E-state index contributed by atoms with van der Waals surface area (Å²) >= 11 is 0. The van der Waals surface area contributed by atoms with Crippen LogP contribution in [0.1, 0.15) is 33.4 Å². The van der Waals surface area contributed by atoms with Crippen molar-refractivity contribution in [3.8, 4) is 17.3 Å². The molecule has 11 heteroatoms. The molecule has 8 nitrogen and oxygen atoms in total. The summed E-state index contributed by atoms with van der Waals surface area (Å²) in [6.45, 7) is 0. The molecule has 0 saturated heterocycles. The van der Waals surface area contributed by atoms with Gasteiger partial charge in [0.1, 0.15) is 23.8 Å². The number of nitriles is 1. The largest absolute Gasteiger partial charge is 0.380 e. The zero-order valence-electron chi connectivity index (χ0n) is 15.5. The minimum absolute atomic E-state index is 0. The Balaban J connectivity index is 0.00000272. The molecule has 0 amide bonds. The third-order valence-electron chi connectivity index (χ3n) is 4.49. The van der Waals surface area contributed by atoms with Crippen molar-refractivity contribution in [3.63, 3.8) is 0 Å². The van der Waals surface area contributed by atoms with Gasteiger partial charge in [-0.25, -0.2) is 18.7 Å². The average molecular weight is 597 g/mol. The zero-order chi connectivity index (χ0) is 21.4. The Hall–Kier alpha value is -3.59. The van der Waals surface area contributed by atoms with Crippen LogP contribution in [0.2, 0.25) is 0 Å². The summed E-state index contributed by atoms with van der Waals surface area (Å²) in [6.07, 6.45) is -1.23. The third kappa shape index (κ3) is 3.79. The Labute approximate surface area is 187 Å². The van der Waals surface area contributed by atoms with Crippen LogP contribution in [-0.4, -0.2) is 31.0 Å². The summed E-state index contributed by atoms with van der Waals surface area (Å²) in [5.74, 6) is -1.95. The smallest absolute Gasteiger partial charge is 0.223 e. The van der Waals surface area contributed by atoms with Crippen LogP contribution in [0.4, 0.5) is 14.7 Å². The first-order valence-electron chi connectivity index (χ1n) is 8.58. The van der Waals surface area contributed by atoms with Gasteiger partial charge in [-0.3, -0.25) is 4.79 Å². The quantitative estimate of drug-likeness (QED) is 0.346. The van der Waals surface area contributed by atoms with Gasteiger partial charge >= 0.3 is 0 Å². The number of nitrogens with two attached hydrogens (primary N) is 1. The summed E-state index contributed by atoms with van der Waals surface area (Å²) in [5, 5.41) is 23.6. The van der Waals surface area contributed by atoms with Gasteiger partial charge in [-0.1, -0.05) is 18.2 Å². The Morgan fingerprint density at radius 3 is 2.65 bits per heavy atom. The van der Waals surface area contributed by atoms with E-state index < -0.39 is 17.7 Å². The number of hydrogen-bond donors (Lipinski definition) is 2. The van der Waals surface area contributed by atoms with Gasteiger partial charge in [-0.05, 0) is 18.2 Å². The van der Waals surface area contributed by atoms with Crippen molar-refractivity contribution in [1.82, 2.24) is 19.6 Å². The maximum Gasteiger partial charge on any atom is 0.223 e. The first-order valence-corrected chi connectivity index (χ1v) is 8.58. The molecule has 0 radical (unpaired) electrons. The first kappa shape index (κ1) is 22.1. The molecule has 4 rings (SSSR count). The maximum absolute atomic E-state index is 14.5. The van der Waals surface area contributed by atoms with E-state index in [0.717, 1.165) is 10.6 Å². The topological polar surface area (TPSA) is 130 Å². The number of aldehydes is 1. The van der Waals surface area contributed by atoms with Gasteiger partial charge in [-0.2, -0.15) is 9.78 Å². The van der Waals surface area contributed by atoms with Crippen LogP contribution in [0.15, 0.2) is 42.5 Å². The van der Waals surface area contributed by atoms with E-state index >= 15 is 0 Å². The Morgan fingerprint density at radius 1 is 1.19 bits per heavy atom. The fourth-order valence-electron chi connectivity index (χ4n) is 3.07. The molecule has 4 aromatic rings. The number of nitrogen functional groups attached to an aromatic ring is 1. The summed E-state index contributed by atoms with van der Waals surface area (Å²) in [6, 6.07) is 11.1. The van der Waals surface area contributed by atoms with Gasteiger partial charge in [0, 0.05) is 42.5 Å². The fraction of sp³-hybridized carbons (Fsp3) is 0.0500. The van der Waals surface area contributed by atoms with Crippen molar-refractivity contribution in [3.05, 3.63) is 76.6 Å². The molecule has 2 aromatic heterocycles. The number of rotatable bonds is 4. The summed E-state index contributed by atoms with van der Waals surface area (Å²) in [7, 11) is 0. The van der Waals surface area contributed by atoms with Gasteiger partial charge in [0.05, 0.1) is 11.3 Å². The zero-order valence-corrected chi connectivity index (χ0v) is 18.0. The van der Waals surface area contributed by atoms with E-state index in [1.807, 2.05) is 0 Å². The Bertz CT molecular complexity index is 1350. The molecule has 0 saturated carbocycles. The molecule has 0 spiro atoms. The average Bonchev–Trinajstić information content (AvgIpc) is 3.18. The van der Waals surface area contributed by atoms with Crippen molar-refractivity contribution >= 4 is 17.9 Å². The molecule has 2 aromatic carbocycles. The van der Waals surface area contributed by atoms with E-state index in [4.69, 9.17) is 11.0 Å². The second-order valence-electron chi connectivity index (χ2n) is 6.28. The van der Waals surface area contributed by atoms with E-state index in [0.29, 0.717) is 6.29 Å². The molecule has 0 aliphatic carbocycles. The molecule has 0 fully saturated rings. The number of aliphatic hydroxyl groups is 1. The molecule has 1 unspecified atom stereocenters. The van der Waals surface area contributed by atoms with E-state index in [-0.39, 0.29) is 65.2 Å². The molecule has 156 valence electrons. The predicted molar refractivity (Wildman–Crippen MR) is 101 cm³/mol. The normalized spacial score (nSPS) is 11.5. The molecule has 3 N–H and O–H groups in total. The van der Waals surface area contributed by atoms with E-state index in [1.165, 1.54) is 36.4 Å². The number of fused-ring (bicyclic) bond motifs is 1. The van der Waals surface area contributed by atoms with E-state index in [2.05, 4.69) is 15.1 Å². The number of nitrogens with zero attached hydrogens (tertiary/aromatic N) is 5. The van der Waals surface area contributed by atoms with E-state index in [9.17, 15) is 18.7 Å². The first-order chi connectivity index (χ1) is 14.4. The van der Waals surface area contributed by atoms with Crippen molar-refractivity contribution in [1.29, 1.82) is 5.26 Å². The molecule has 0 aliphatic rings. The van der Waals surface area contributed by atoms with Crippen LogP contribution in [0.25, 0.3) is 16.9 Å². The van der Waals surface area contributed by atoms with Crippen molar-refractivity contribution in [2.45, 2.75) is 6.10 Å². The number of anilines is 1. The van der Waals surface area contributed by atoms with Gasteiger partial charge in [0.2, 0.25) is 5.95 Å². The number of aliphatic hydroxyl groups excluding tert-OH is 1. The minimum atomic E-state index is -1.65. The number of carbonyl (C=O) groups is 1. The molecule has 0 aliphatic heterocycles. The predicted octanol–water partition coefficient (Wildman–Crippen LogP) is 2.42. The van der Waals surface area contributed by atoms with Gasteiger partial charge < -0.3 is 10.8 Å². The number of aromatic nitrogens is 4. The number of halogens is 2. The Morgan fingerprint density at radius 2 is 1.94 bits per heavy atom. The molecule has 1 atom stereocenters. The summed E-state index contributed by atoms with van der Waals surface area (Å²) in [5.41, 5.74) is 5.66. The molecule has 0 bridgehead atoms. The van der Waals surface area contributed by atoms with Crippen LogP contribution in [0.3, 0.4) is 0 Å². The number of hydrogen-bond acceptors (Lipinski definition) is 7. The van der Waals surface area contributed by atoms with Gasteiger partial charge in [-0.15, -0.1) is 5.10 Å². The van der Waals surface area contributed by atoms with Crippen LogP contribution in [0.5, 0.6) is 0 Å². The van der Waals surface area contributed by atoms with Crippen LogP contribution < -0.4 is 5.73 Å². The maximum atomic E-state index is 14.5. The minimum Gasteiger partial charge on any atom is -0.380 e. The molecule has 31 heavy (non-hydrogen) atoms. The third-order valence-corrected chi connectivity index (χ3v) is 4.49. The second-order valence-corrected chi connectivity index (χ2v) is 6.28. The summed E-state index contributed by atoms with van der Waals surface area (Å²) in [4.78, 5) is 19.4. The number of carbonyl (C=O) groups excluding carboxylic acids is 1. The van der Waals surface area contributed by atoms with Gasteiger partial charge in [0.15, 0.2) is 17.8 Å². The van der Waals surface area contributed by atoms with Crippen molar-refractivity contribution in [2.75, 3.05) is 5.73 Å². The molecule has 2 heterocycles. The van der Waals surface area contributed by atoms with E-state index in [1.54, 1.807) is 6.07 Å². The SMILES string of the molecule is N#Cc1cccc(-c2cc3nc(C(O)c4c(F)cccc4C=O)nn3c(N)n2)c1F.[Os]. The fourth-order valence-corrected chi connectivity index (χ4v) is 3.07. The van der Waals surface area contributed by atoms with Crippen LogP contribution in [-0.2, 0) is 19.8 Å². The second kappa shape index (κ2) is 8.64. The molecular formula is C20H12F2N6O2Os. The Kier molecular flexibility index (Phi) is 6.16. The molecular weight excluding hydrogens is 584 g/mol. The summed E-state index contributed by atoms with van der Waals surface area (Å²) < 4.78 is 29.8. The number of benzene rings is 2.